The van der Waals surface area contributed by atoms with E-state index in [1.807, 2.05) is 44.5 Å². The SMILES string of the molecule is CCNc1ccc(C(=O)N(C)Cc2csc(C)n2)cc1C. The molecule has 112 valence electrons. The molecule has 0 aliphatic rings. The van der Waals surface area contributed by atoms with Gasteiger partial charge in [0, 0.05) is 30.2 Å². The predicted octanol–water partition coefficient (Wildman–Crippen LogP) is 3.46. The highest BCUT2D eigenvalue weighted by Gasteiger charge is 2.14. The van der Waals surface area contributed by atoms with Gasteiger partial charge in [0.1, 0.15) is 0 Å². The van der Waals surface area contributed by atoms with Crippen molar-refractivity contribution >= 4 is 22.9 Å². The van der Waals surface area contributed by atoms with Crippen LogP contribution >= 0.6 is 11.3 Å². The molecule has 0 unspecified atom stereocenters. The summed E-state index contributed by atoms with van der Waals surface area (Å²) in [6.45, 7) is 7.45. The van der Waals surface area contributed by atoms with Crippen molar-refractivity contribution in [1.29, 1.82) is 0 Å². The van der Waals surface area contributed by atoms with E-state index in [0.717, 1.165) is 28.5 Å². The highest BCUT2D eigenvalue weighted by molar-refractivity contribution is 7.09. The summed E-state index contributed by atoms with van der Waals surface area (Å²) in [6, 6.07) is 5.77. The first-order valence-electron chi connectivity index (χ1n) is 7.02. The number of nitrogens with one attached hydrogen (secondary N) is 1. The minimum absolute atomic E-state index is 0.0202. The van der Waals surface area contributed by atoms with Crippen LogP contribution in [0.4, 0.5) is 5.69 Å². The molecule has 0 spiro atoms. The molecule has 1 aromatic heterocycles. The van der Waals surface area contributed by atoms with Crippen molar-refractivity contribution < 1.29 is 4.79 Å². The number of thiazole rings is 1. The Balaban J connectivity index is 2.10. The fraction of sp³-hybridized carbons (Fsp3) is 0.375. The van der Waals surface area contributed by atoms with Gasteiger partial charge in [0.2, 0.25) is 0 Å². The summed E-state index contributed by atoms with van der Waals surface area (Å²) in [6.07, 6.45) is 0. The highest BCUT2D eigenvalue weighted by atomic mass is 32.1. The standard InChI is InChI=1S/C16H21N3OS/c1-5-17-15-7-6-13(8-11(15)2)16(20)19(4)9-14-10-21-12(3)18-14/h6-8,10,17H,5,9H2,1-4H3. The van der Waals surface area contributed by atoms with Gasteiger partial charge in [-0.15, -0.1) is 11.3 Å². The summed E-state index contributed by atoms with van der Waals surface area (Å²) >= 11 is 1.61. The first kappa shape index (κ1) is 15.5. The quantitative estimate of drug-likeness (QED) is 0.920. The molecule has 4 nitrogen and oxygen atoms in total. The largest absolute Gasteiger partial charge is 0.385 e. The van der Waals surface area contributed by atoms with Gasteiger partial charge in [-0.1, -0.05) is 0 Å². The zero-order valence-corrected chi connectivity index (χ0v) is 13.8. The molecule has 0 atom stereocenters. The van der Waals surface area contributed by atoms with Crippen LogP contribution in [0.25, 0.3) is 0 Å². The average Bonchev–Trinajstić information content (AvgIpc) is 2.85. The lowest BCUT2D eigenvalue weighted by Crippen LogP contribution is -2.26. The van der Waals surface area contributed by atoms with Crippen LogP contribution in [0.1, 0.15) is 33.5 Å². The number of carbonyl (C=O) groups excluding carboxylic acids is 1. The number of hydrogen-bond donors (Lipinski definition) is 1. The zero-order valence-electron chi connectivity index (χ0n) is 12.9. The molecule has 0 saturated heterocycles. The Kier molecular flexibility index (Phi) is 4.96. The van der Waals surface area contributed by atoms with Gasteiger partial charge in [-0.2, -0.15) is 0 Å². The Bertz CT molecular complexity index is 636. The predicted molar refractivity (Wildman–Crippen MR) is 88.0 cm³/mol. The van der Waals surface area contributed by atoms with Crippen LogP contribution in [0.5, 0.6) is 0 Å². The first-order chi connectivity index (χ1) is 10.0. The third-order valence-corrected chi connectivity index (χ3v) is 4.08. The highest BCUT2D eigenvalue weighted by Crippen LogP contribution is 2.18. The van der Waals surface area contributed by atoms with Crippen molar-refractivity contribution in [3.8, 4) is 0 Å². The molecular weight excluding hydrogens is 282 g/mol. The van der Waals surface area contributed by atoms with Gasteiger partial charge in [-0.25, -0.2) is 4.98 Å². The topological polar surface area (TPSA) is 45.2 Å². The molecule has 1 N–H and O–H groups in total. The molecule has 2 aromatic rings. The van der Waals surface area contributed by atoms with Gasteiger partial charge < -0.3 is 10.2 Å². The lowest BCUT2D eigenvalue weighted by Gasteiger charge is -2.17. The van der Waals surface area contributed by atoms with Crippen LogP contribution in [0.2, 0.25) is 0 Å². The van der Waals surface area contributed by atoms with Crippen LogP contribution in [0.3, 0.4) is 0 Å². The summed E-state index contributed by atoms with van der Waals surface area (Å²) in [4.78, 5) is 18.6. The normalized spacial score (nSPS) is 10.5. The van der Waals surface area contributed by atoms with Crippen molar-refractivity contribution in [2.45, 2.75) is 27.3 Å². The van der Waals surface area contributed by atoms with Crippen LogP contribution in [-0.2, 0) is 6.54 Å². The maximum atomic E-state index is 12.5. The molecule has 0 radical (unpaired) electrons. The molecule has 0 aliphatic carbocycles. The number of carbonyl (C=O) groups is 1. The summed E-state index contributed by atoms with van der Waals surface area (Å²) in [5.41, 5.74) is 3.81. The molecule has 2 rings (SSSR count). The second kappa shape index (κ2) is 6.72. The molecule has 1 amide bonds. The number of benzene rings is 1. The van der Waals surface area contributed by atoms with Gasteiger partial charge in [0.05, 0.1) is 17.2 Å². The number of aryl methyl sites for hydroxylation is 2. The Morgan fingerprint density at radius 2 is 2.14 bits per heavy atom. The van der Waals surface area contributed by atoms with Crippen LogP contribution in [0, 0.1) is 13.8 Å². The second-order valence-corrected chi connectivity index (χ2v) is 6.14. The zero-order chi connectivity index (χ0) is 15.4. The lowest BCUT2D eigenvalue weighted by molar-refractivity contribution is 0.0783. The minimum Gasteiger partial charge on any atom is -0.385 e. The minimum atomic E-state index is 0.0202. The Hall–Kier alpha value is -1.88. The van der Waals surface area contributed by atoms with Crippen molar-refractivity contribution in [3.63, 3.8) is 0 Å². The van der Waals surface area contributed by atoms with Gasteiger partial charge >= 0.3 is 0 Å². The van der Waals surface area contributed by atoms with Crippen LogP contribution in [0.15, 0.2) is 23.6 Å². The molecular formula is C16H21N3OS. The summed E-state index contributed by atoms with van der Waals surface area (Å²) < 4.78 is 0. The van der Waals surface area contributed by atoms with E-state index in [4.69, 9.17) is 0 Å². The maximum absolute atomic E-state index is 12.5. The van der Waals surface area contributed by atoms with Crippen molar-refractivity contribution in [3.05, 3.63) is 45.4 Å². The van der Waals surface area contributed by atoms with Crippen molar-refractivity contribution in [2.75, 3.05) is 18.9 Å². The van der Waals surface area contributed by atoms with E-state index < -0.39 is 0 Å². The van der Waals surface area contributed by atoms with E-state index in [9.17, 15) is 4.79 Å². The molecule has 0 saturated carbocycles. The number of nitrogens with zero attached hydrogens (tertiary/aromatic N) is 2. The van der Waals surface area contributed by atoms with Gasteiger partial charge in [0.15, 0.2) is 0 Å². The second-order valence-electron chi connectivity index (χ2n) is 5.08. The molecule has 21 heavy (non-hydrogen) atoms. The van der Waals surface area contributed by atoms with Crippen molar-refractivity contribution in [1.82, 2.24) is 9.88 Å². The van der Waals surface area contributed by atoms with E-state index in [2.05, 4.69) is 17.2 Å². The van der Waals surface area contributed by atoms with Crippen LogP contribution < -0.4 is 5.32 Å². The average molecular weight is 303 g/mol. The number of anilines is 1. The maximum Gasteiger partial charge on any atom is 0.253 e. The first-order valence-corrected chi connectivity index (χ1v) is 7.90. The Morgan fingerprint density at radius 3 is 2.71 bits per heavy atom. The van der Waals surface area contributed by atoms with E-state index in [1.54, 1.807) is 16.2 Å². The van der Waals surface area contributed by atoms with Gasteiger partial charge in [0.25, 0.3) is 5.91 Å². The number of rotatable bonds is 5. The number of aromatic nitrogens is 1. The number of amides is 1. The fourth-order valence-electron chi connectivity index (χ4n) is 2.20. The number of hydrogen-bond acceptors (Lipinski definition) is 4. The fourth-order valence-corrected chi connectivity index (χ4v) is 2.81. The third kappa shape index (κ3) is 3.82. The van der Waals surface area contributed by atoms with Crippen molar-refractivity contribution in [2.24, 2.45) is 0 Å². The Morgan fingerprint density at radius 1 is 1.38 bits per heavy atom. The Labute approximate surface area is 129 Å². The molecule has 1 heterocycles. The summed E-state index contributed by atoms with van der Waals surface area (Å²) in [5, 5.41) is 6.30. The van der Waals surface area contributed by atoms with E-state index in [0.29, 0.717) is 12.1 Å². The van der Waals surface area contributed by atoms with Crippen LogP contribution in [-0.4, -0.2) is 29.4 Å². The summed E-state index contributed by atoms with van der Waals surface area (Å²) in [7, 11) is 1.81. The molecule has 1 aromatic carbocycles. The van der Waals surface area contributed by atoms with Gasteiger partial charge in [-0.3, -0.25) is 4.79 Å². The van der Waals surface area contributed by atoms with E-state index in [1.165, 1.54) is 0 Å². The molecule has 0 bridgehead atoms. The van der Waals surface area contributed by atoms with E-state index in [-0.39, 0.29) is 5.91 Å². The molecule has 0 fully saturated rings. The smallest absolute Gasteiger partial charge is 0.253 e. The monoisotopic (exact) mass is 303 g/mol. The lowest BCUT2D eigenvalue weighted by atomic mass is 10.1. The summed E-state index contributed by atoms with van der Waals surface area (Å²) in [5.74, 6) is 0.0202. The van der Waals surface area contributed by atoms with E-state index >= 15 is 0 Å². The third-order valence-electron chi connectivity index (χ3n) is 3.25. The van der Waals surface area contributed by atoms with Gasteiger partial charge in [-0.05, 0) is 44.5 Å². The molecule has 5 heteroatoms. The molecule has 0 aliphatic heterocycles.